The molecule has 0 unspecified atom stereocenters. The van der Waals surface area contributed by atoms with Crippen LogP contribution in [0.15, 0.2) is 63.8 Å². The minimum atomic E-state index is -1.51. The van der Waals surface area contributed by atoms with Crippen molar-refractivity contribution in [2.75, 3.05) is 0 Å². The van der Waals surface area contributed by atoms with E-state index in [2.05, 4.69) is 0 Å². The monoisotopic (exact) mass is 405 g/mol. The Bertz CT molecular complexity index is 1430. The van der Waals surface area contributed by atoms with E-state index >= 15 is 0 Å². The molecule has 4 aromatic rings. The van der Waals surface area contributed by atoms with E-state index in [0.29, 0.717) is 5.52 Å². The van der Waals surface area contributed by atoms with Crippen molar-refractivity contribution < 1.29 is 33.7 Å². The van der Waals surface area contributed by atoms with Crippen molar-refractivity contribution in [2.24, 2.45) is 0 Å². The summed E-state index contributed by atoms with van der Waals surface area (Å²) >= 11 is 0. The van der Waals surface area contributed by atoms with Gasteiger partial charge in [-0.1, -0.05) is 24.3 Å². The molecule has 2 N–H and O–H groups in total. The molecular formula is C21H11NO8. The van der Waals surface area contributed by atoms with Crippen LogP contribution in [0.2, 0.25) is 0 Å². The summed E-state index contributed by atoms with van der Waals surface area (Å²) in [5.41, 5.74) is -0.538. The molecule has 0 spiro atoms. The summed E-state index contributed by atoms with van der Waals surface area (Å²) < 4.78 is 18.0. The fourth-order valence-corrected chi connectivity index (χ4v) is 3.40. The molecule has 1 aliphatic rings. The summed E-state index contributed by atoms with van der Waals surface area (Å²) in [5, 5.41) is 19.3. The molecule has 9 nitrogen and oxygen atoms in total. The van der Waals surface area contributed by atoms with E-state index in [1.165, 1.54) is 0 Å². The molecule has 0 fully saturated rings. The van der Waals surface area contributed by atoms with Crippen LogP contribution in [0.5, 0.6) is 23.0 Å². The molecule has 0 aliphatic carbocycles. The maximum Gasteiger partial charge on any atom is 0.424 e. The molecule has 9 heteroatoms. The van der Waals surface area contributed by atoms with Gasteiger partial charge in [0.1, 0.15) is 11.3 Å². The molecule has 1 aliphatic heterocycles. The van der Waals surface area contributed by atoms with Gasteiger partial charge in [-0.25, -0.2) is 19.0 Å². The second-order valence-electron chi connectivity index (χ2n) is 6.41. The van der Waals surface area contributed by atoms with Crippen molar-refractivity contribution in [2.45, 2.75) is 0 Å². The lowest BCUT2D eigenvalue weighted by Gasteiger charge is -2.24. The smallest absolute Gasteiger partial charge is 0.424 e. The highest BCUT2D eigenvalue weighted by Gasteiger charge is 2.34. The Kier molecular flexibility index (Phi) is 3.65. The Morgan fingerprint density at radius 1 is 0.833 bits per heavy atom. The average molecular weight is 405 g/mol. The molecule has 1 aromatic heterocycles. The summed E-state index contributed by atoms with van der Waals surface area (Å²) in [7, 11) is 0. The van der Waals surface area contributed by atoms with E-state index in [9.17, 15) is 24.6 Å². The van der Waals surface area contributed by atoms with Gasteiger partial charge in [-0.2, -0.15) is 0 Å². The topological polar surface area (TPSA) is 128 Å². The summed E-state index contributed by atoms with van der Waals surface area (Å²) in [6.45, 7) is 0. The highest BCUT2D eigenvalue weighted by atomic mass is 16.6. The third kappa shape index (κ3) is 2.46. The zero-order valence-corrected chi connectivity index (χ0v) is 15.0. The minimum Gasteiger partial charge on any atom is -0.478 e. The highest BCUT2D eigenvalue weighted by molar-refractivity contribution is 6.06. The number of hydrogen-bond donors (Lipinski definition) is 2. The van der Waals surface area contributed by atoms with Crippen molar-refractivity contribution in [1.82, 2.24) is 4.57 Å². The Morgan fingerprint density at radius 3 is 2.13 bits per heavy atom. The number of nitrogens with zero attached hydrogens (tertiary/aromatic N) is 1. The molecule has 0 saturated carbocycles. The first-order valence-corrected chi connectivity index (χ1v) is 8.69. The Morgan fingerprint density at radius 2 is 1.47 bits per heavy atom. The summed E-state index contributed by atoms with van der Waals surface area (Å²) in [6.07, 6.45) is 0. The van der Waals surface area contributed by atoms with Crippen LogP contribution in [0.25, 0.3) is 16.8 Å². The van der Waals surface area contributed by atoms with Crippen LogP contribution in [0.4, 0.5) is 0 Å². The molecule has 0 bridgehead atoms. The van der Waals surface area contributed by atoms with Gasteiger partial charge in [-0.05, 0) is 30.3 Å². The number of aromatic nitrogens is 1. The zero-order valence-electron chi connectivity index (χ0n) is 15.0. The molecule has 148 valence electrons. The predicted molar refractivity (Wildman–Crippen MR) is 102 cm³/mol. The molecule has 2 heterocycles. The summed E-state index contributed by atoms with van der Waals surface area (Å²) in [4.78, 5) is 36.4. The third-order valence-electron chi connectivity index (χ3n) is 4.66. The summed E-state index contributed by atoms with van der Waals surface area (Å²) in [5.74, 6) is -3.72. The normalized spacial score (nSPS) is 11.9. The average Bonchev–Trinajstić information content (AvgIpc) is 3.06. The zero-order chi connectivity index (χ0) is 21.0. The third-order valence-corrected chi connectivity index (χ3v) is 4.66. The van der Waals surface area contributed by atoms with E-state index in [1.807, 2.05) is 0 Å². The number of carbonyl (C=O) groups is 2. The number of hydrogen-bond acceptors (Lipinski definition) is 6. The van der Waals surface area contributed by atoms with Crippen molar-refractivity contribution in [3.05, 3.63) is 76.3 Å². The van der Waals surface area contributed by atoms with Crippen molar-refractivity contribution in [1.29, 1.82) is 0 Å². The van der Waals surface area contributed by atoms with E-state index < -0.39 is 28.8 Å². The van der Waals surface area contributed by atoms with Crippen LogP contribution in [0.1, 0.15) is 20.7 Å². The first-order chi connectivity index (χ1) is 14.5. The van der Waals surface area contributed by atoms with Gasteiger partial charge in [0.15, 0.2) is 28.6 Å². The Balaban J connectivity index is 1.90. The molecule has 0 saturated heterocycles. The fourth-order valence-electron chi connectivity index (χ4n) is 3.40. The number of benzene rings is 3. The lowest BCUT2D eigenvalue weighted by molar-refractivity contribution is 0.0648. The molecule has 3 aromatic carbocycles. The number of oxazole rings is 1. The number of para-hydroxylation sites is 4. The van der Waals surface area contributed by atoms with Gasteiger partial charge in [-0.15, -0.1) is 0 Å². The van der Waals surface area contributed by atoms with Crippen LogP contribution in [0.3, 0.4) is 0 Å². The largest absolute Gasteiger partial charge is 0.478 e. The lowest BCUT2D eigenvalue weighted by Crippen LogP contribution is -2.18. The molecule has 5 rings (SSSR count). The quantitative estimate of drug-likeness (QED) is 0.463. The van der Waals surface area contributed by atoms with Gasteiger partial charge in [0.05, 0.1) is 11.1 Å². The van der Waals surface area contributed by atoms with Crippen LogP contribution >= 0.6 is 0 Å². The van der Waals surface area contributed by atoms with Gasteiger partial charge >= 0.3 is 17.7 Å². The van der Waals surface area contributed by atoms with Crippen molar-refractivity contribution in [3.63, 3.8) is 0 Å². The van der Waals surface area contributed by atoms with Gasteiger partial charge in [0.2, 0.25) is 0 Å². The maximum atomic E-state index is 12.6. The van der Waals surface area contributed by atoms with E-state index in [4.69, 9.17) is 13.9 Å². The van der Waals surface area contributed by atoms with E-state index in [-0.39, 0.29) is 34.3 Å². The lowest BCUT2D eigenvalue weighted by atomic mass is 10.0. The van der Waals surface area contributed by atoms with Crippen molar-refractivity contribution >= 4 is 23.0 Å². The van der Waals surface area contributed by atoms with Gasteiger partial charge in [-0.3, -0.25) is 0 Å². The molecule has 30 heavy (non-hydrogen) atoms. The van der Waals surface area contributed by atoms with Crippen LogP contribution in [-0.2, 0) is 0 Å². The number of carboxylic acids is 2. The summed E-state index contributed by atoms with van der Waals surface area (Å²) in [6, 6.07) is 14.1. The first-order valence-electron chi connectivity index (χ1n) is 8.69. The SMILES string of the molecule is O=C(O)c1cc(-n2c(=O)oc3ccccc32)c2c(c1C(=O)O)Oc1ccccc1O2. The molecular weight excluding hydrogens is 394 g/mol. The number of aromatic carboxylic acids is 2. The highest BCUT2D eigenvalue weighted by Crippen LogP contribution is 2.50. The van der Waals surface area contributed by atoms with E-state index in [0.717, 1.165) is 10.6 Å². The number of ether oxygens (including phenoxy) is 2. The standard InChI is InChI=1S/C21H11NO8/c23-19(24)10-9-12(22-11-5-1-2-6-13(11)30-21(22)27)17-18(16(10)20(25)26)29-15-8-4-3-7-14(15)28-17/h1-9H,(H,23,24)(H,25,26). The predicted octanol–water partition coefficient (Wildman–Crippen LogP) is 3.88. The van der Waals surface area contributed by atoms with Crippen LogP contribution in [0, 0.1) is 0 Å². The van der Waals surface area contributed by atoms with Crippen LogP contribution < -0.4 is 15.2 Å². The molecule has 0 amide bonds. The number of fused-ring (bicyclic) bond motifs is 3. The second kappa shape index (κ2) is 6.24. The number of carboxylic acid groups (broad SMARTS) is 2. The number of rotatable bonds is 3. The molecule has 0 radical (unpaired) electrons. The Hall–Kier alpha value is -4.53. The minimum absolute atomic E-state index is 0.0168. The second-order valence-corrected chi connectivity index (χ2v) is 6.41. The first kappa shape index (κ1) is 17.6. The van der Waals surface area contributed by atoms with Gasteiger partial charge < -0.3 is 24.1 Å². The Labute approximate surface area is 166 Å². The molecule has 0 atom stereocenters. The van der Waals surface area contributed by atoms with Crippen molar-refractivity contribution in [3.8, 4) is 28.7 Å². The van der Waals surface area contributed by atoms with Gasteiger partial charge in [0.25, 0.3) is 0 Å². The van der Waals surface area contributed by atoms with Crippen LogP contribution in [-0.4, -0.2) is 26.7 Å². The maximum absolute atomic E-state index is 12.6. The van der Waals surface area contributed by atoms with E-state index in [1.54, 1.807) is 48.5 Å². The fraction of sp³-hybridized carbons (Fsp3) is 0. The van der Waals surface area contributed by atoms with Gasteiger partial charge in [0, 0.05) is 0 Å².